The van der Waals surface area contributed by atoms with Crippen LogP contribution in [0.1, 0.15) is 21.7 Å². The van der Waals surface area contributed by atoms with Crippen LogP contribution in [0.3, 0.4) is 0 Å². The number of carbonyl (C=O) groups excluding carboxylic acids is 1. The largest absolute Gasteiger partial charge is 0.507 e. The van der Waals surface area contributed by atoms with Gasteiger partial charge in [0.2, 0.25) is 5.43 Å². The Kier molecular flexibility index (Phi) is 5.67. The summed E-state index contributed by atoms with van der Waals surface area (Å²) >= 11 is 0. The van der Waals surface area contributed by atoms with Gasteiger partial charge in [-0.05, 0) is 66.1 Å². The summed E-state index contributed by atoms with van der Waals surface area (Å²) in [7, 11) is 1.59. The summed E-state index contributed by atoms with van der Waals surface area (Å²) < 4.78 is 11.3. The molecule has 0 saturated heterocycles. The minimum atomic E-state index is -0.313. The molecule has 0 unspecified atom stereocenters. The lowest BCUT2D eigenvalue weighted by Crippen LogP contribution is -2.09. The van der Waals surface area contributed by atoms with Gasteiger partial charge >= 0.3 is 0 Å². The maximum absolute atomic E-state index is 13.5. The van der Waals surface area contributed by atoms with E-state index in [0.717, 1.165) is 5.56 Å². The van der Waals surface area contributed by atoms with Gasteiger partial charge < -0.3 is 14.3 Å². The first-order valence-corrected chi connectivity index (χ1v) is 11.1. The van der Waals surface area contributed by atoms with Gasteiger partial charge in [-0.2, -0.15) is 0 Å². The third-order valence-electron chi connectivity index (χ3n) is 6.07. The van der Waals surface area contributed by atoms with Crippen LogP contribution < -0.4 is 10.2 Å². The number of benzene rings is 4. The quantitative estimate of drug-likeness (QED) is 0.307. The Labute approximate surface area is 201 Å². The van der Waals surface area contributed by atoms with Crippen molar-refractivity contribution in [1.29, 1.82) is 0 Å². The highest BCUT2D eigenvalue weighted by Crippen LogP contribution is 2.36. The number of methoxy groups -OCH3 is 1. The normalized spacial score (nSPS) is 10.9. The van der Waals surface area contributed by atoms with E-state index in [4.69, 9.17) is 9.15 Å². The standard InChI is InChI=1S/C30H22O5/c1-18-28(30(33)24-8-4-6-10-27(24)35-18)22-16-13-20(29(32)23-7-3-5-9-26(23)31)17-25(22)19-11-14-21(34-2)15-12-19/h3-17,31H,1-2H3. The Balaban J connectivity index is 1.75. The van der Waals surface area contributed by atoms with Gasteiger partial charge in [0.05, 0.1) is 23.6 Å². The van der Waals surface area contributed by atoms with Gasteiger partial charge in [0.15, 0.2) is 5.78 Å². The second kappa shape index (κ2) is 8.95. The summed E-state index contributed by atoms with van der Waals surface area (Å²) in [5.41, 5.74) is 3.58. The van der Waals surface area contributed by atoms with Crippen LogP contribution in [-0.2, 0) is 0 Å². The molecule has 0 aliphatic rings. The molecule has 1 heterocycles. The fourth-order valence-corrected chi connectivity index (χ4v) is 4.30. The third-order valence-corrected chi connectivity index (χ3v) is 6.07. The summed E-state index contributed by atoms with van der Waals surface area (Å²) in [6.07, 6.45) is 0. The van der Waals surface area contributed by atoms with E-state index in [1.807, 2.05) is 30.3 Å². The van der Waals surface area contributed by atoms with Crippen molar-refractivity contribution in [2.24, 2.45) is 0 Å². The number of hydrogen-bond acceptors (Lipinski definition) is 5. The number of para-hydroxylation sites is 2. The molecule has 0 fully saturated rings. The third kappa shape index (κ3) is 3.97. The van der Waals surface area contributed by atoms with E-state index in [0.29, 0.717) is 44.7 Å². The van der Waals surface area contributed by atoms with Crippen LogP contribution in [0.5, 0.6) is 11.5 Å². The summed E-state index contributed by atoms with van der Waals surface area (Å²) in [6, 6.07) is 26.2. The molecule has 4 aromatic carbocycles. The maximum atomic E-state index is 13.5. The molecular formula is C30H22O5. The molecule has 0 amide bonds. The number of phenolic OH excluding ortho intramolecular Hbond substituents is 1. The molecular weight excluding hydrogens is 440 g/mol. The van der Waals surface area contributed by atoms with Crippen molar-refractivity contribution in [3.8, 4) is 33.8 Å². The van der Waals surface area contributed by atoms with E-state index >= 15 is 0 Å². The van der Waals surface area contributed by atoms with Crippen LogP contribution in [0, 0.1) is 6.92 Å². The number of carbonyl (C=O) groups is 1. The van der Waals surface area contributed by atoms with Crippen LogP contribution >= 0.6 is 0 Å². The minimum Gasteiger partial charge on any atom is -0.507 e. The monoisotopic (exact) mass is 462 g/mol. The number of aromatic hydroxyl groups is 1. The molecule has 0 saturated carbocycles. The van der Waals surface area contributed by atoms with Gasteiger partial charge in [-0.1, -0.05) is 48.5 Å². The molecule has 0 bridgehead atoms. The fourth-order valence-electron chi connectivity index (χ4n) is 4.30. The number of ether oxygens (including phenoxy) is 1. The van der Waals surface area contributed by atoms with E-state index < -0.39 is 0 Å². The molecule has 5 heteroatoms. The Morgan fingerprint density at radius 3 is 2.31 bits per heavy atom. The van der Waals surface area contributed by atoms with Crippen molar-refractivity contribution in [1.82, 2.24) is 0 Å². The summed E-state index contributed by atoms with van der Waals surface area (Å²) in [5, 5.41) is 10.7. The molecule has 0 radical (unpaired) electrons. The zero-order valence-electron chi connectivity index (χ0n) is 19.2. The van der Waals surface area contributed by atoms with Gasteiger partial charge in [-0.25, -0.2) is 0 Å². The topological polar surface area (TPSA) is 76.7 Å². The van der Waals surface area contributed by atoms with Gasteiger partial charge in [0.25, 0.3) is 0 Å². The number of ketones is 1. The number of rotatable bonds is 5. The van der Waals surface area contributed by atoms with Crippen LogP contribution in [0.4, 0.5) is 0 Å². The van der Waals surface area contributed by atoms with E-state index in [9.17, 15) is 14.7 Å². The molecule has 0 aliphatic carbocycles. The molecule has 5 aromatic rings. The van der Waals surface area contributed by atoms with Gasteiger partial charge in [-0.3, -0.25) is 9.59 Å². The molecule has 0 aliphatic heterocycles. The molecule has 1 N–H and O–H groups in total. The Morgan fingerprint density at radius 1 is 0.857 bits per heavy atom. The lowest BCUT2D eigenvalue weighted by atomic mass is 9.90. The van der Waals surface area contributed by atoms with Crippen molar-refractivity contribution < 1.29 is 19.1 Å². The Morgan fingerprint density at radius 2 is 1.57 bits per heavy atom. The first kappa shape index (κ1) is 22.2. The fraction of sp³-hybridized carbons (Fsp3) is 0.0667. The molecule has 0 atom stereocenters. The molecule has 5 rings (SSSR count). The van der Waals surface area contributed by atoms with Crippen LogP contribution in [0.2, 0.25) is 0 Å². The van der Waals surface area contributed by atoms with Crippen molar-refractivity contribution in [3.63, 3.8) is 0 Å². The smallest absolute Gasteiger partial charge is 0.200 e. The predicted octanol–water partition coefficient (Wildman–Crippen LogP) is 6.38. The first-order valence-electron chi connectivity index (χ1n) is 11.1. The number of aryl methyl sites for hydroxylation is 1. The SMILES string of the molecule is COc1ccc(-c2cc(C(=O)c3ccccc3O)ccc2-c2c(C)oc3ccccc3c2=O)cc1. The zero-order valence-corrected chi connectivity index (χ0v) is 19.2. The van der Waals surface area contributed by atoms with Gasteiger partial charge in [0, 0.05) is 5.56 Å². The van der Waals surface area contributed by atoms with Crippen molar-refractivity contribution in [2.75, 3.05) is 7.11 Å². The predicted molar refractivity (Wildman–Crippen MR) is 136 cm³/mol. The average Bonchev–Trinajstić information content (AvgIpc) is 2.89. The molecule has 172 valence electrons. The maximum Gasteiger partial charge on any atom is 0.200 e. The second-order valence-electron chi connectivity index (χ2n) is 8.19. The van der Waals surface area contributed by atoms with Crippen molar-refractivity contribution >= 4 is 16.8 Å². The lowest BCUT2D eigenvalue weighted by molar-refractivity contribution is 0.103. The zero-order chi connectivity index (χ0) is 24.5. The highest BCUT2D eigenvalue weighted by atomic mass is 16.5. The summed E-state index contributed by atoms with van der Waals surface area (Å²) in [5.74, 6) is 0.784. The molecule has 5 nitrogen and oxygen atoms in total. The minimum absolute atomic E-state index is 0.0846. The second-order valence-corrected chi connectivity index (χ2v) is 8.19. The van der Waals surface area contributed by atoms with Crippen molar-refractivity contribution in [2.45, 2.75) is 6.92 Å². The molecule has 1 aromatic heterocycles. The average molecular weight is 463 g/mol. The highest BCUT2D eigenvalue weighted by Gasteiger charge is 2.20. The van der Waals surface area contributed by atoms with E-state index in [-0.39, 0.29) is 22.5 Å². The Bertz CT molecular complexity index is 1630. The summed E-state index contributed by atoms with van der Waals surface area (Å²) in [6.45, 7) is 1.77. The summed E-state index contributed by atoms with van der Waals surface area (Å²) in [4.78, 5) is 26.8. The molecule has 35 heavy (non-hydrogen) atoms. The van der Waals surface area contributed by atoms with Crippen LogP contribution in [0.15, 0.2) is 100 Å². The van der Waals surface area contributed by atoms with E-state index in [2.05, 4.69) is 0 Å². The molecule has 0 spiro atoms. The number of hydrogen-bond donors (Lipinski definition) is 1. The first-order chi connectivity index (χ1) is 17.0. The number of phenols is 1. The van der Waals surface area contributed by atoms with Crippen LogP contribution in [0.25, 0.3) is 33.2 Å². The van der Waals surface area contributed by atoms with Crippen molar-refractivity contribution in [3.05, 3.63) is 118 Å². The highest BCUT2D eigenvalue weighted by molar-refractivity contribution is 6.11. The van der Waals surface area contributed by atoms with Gasteiger partial charge in [0.1, 0.15) is 22.8 Å². The van der Waals surface area contributed by atoms with Gasteiger partial charge in [-0.15, -0.1) is 0 Å². The Hall–Kier alpha value is -4.64. The lowest BCUT2D eigenvalue weighted by Gasteiger charge is -2.15. The van der Waals surface area contributed by atoms with E-state index in [1.54, 1.807) is 68.6 Å². The van der Waals surface area contributed by atoms with Crippen LogP contribution in [-0.4, -0.2) is 18.0 Å². The van der Waals surface area contributed by atoms with E-state index in [1.165, 1.54) is 6.07 Å². The number of fused-ring (bicyclic) bond motifs is 1.